The first-order valence-corrected chi connectivity index (χ1v) is 9.15. The summed E-state index contributed by atoms with van der Waals surface area (Å²) in [5.74, 6) is 2.01. The van der Waals surface area contributed by atoms with E-state index >= 15 is 0 Å². The van der Waals surface area contributed by atoms with Gasteiger partial charge in [0.25, 0.3) is 0 Å². The Morgan fingerprint density at radius 2 is 1.90 bits per heavy atom. The number of oxime groups is 1. The van der Waals surface area contributed by atoms with Crippen molar-refractivity contribution in [2.24, 2.45) is 12.2 Å². The van der Waals surface area contributed by atoms with Crippen molar-refractivity contribution >= 4 is 28.9 Å². The molecule has 0 atom stereocenters. The summed E-state index contributed by atoms with van der Waals surface area (Å²) in [5.41, 5.74) is 5.74. The first-order valence-electron chi connectivity index (χ1n) is 9.15. The van der Waals surface area contributed by atoms with Crippen LogP contribution in [0.2, 0.25) is 0 Å². The van der Waals surface area contributed by atoms with Gasteiger partial charge < -0.3 is 19.8 Å². The highest BCUT2D eigenvalue weighted by Crippen LogP contribution is 2.28. The summed E-state index contributed by atoms with van der Waals surface area (Å²) >= 11 is 0. The first-order chi connectivity index (χ1) is 14.0. The highest BCUT2D eigenvalue weighted by atomic mass is 16.5. The number of fused-ring (bicyclic) bond motifs is 1. The average molecular weight is 387 g/mol. The lowest BCUT2D eigenvalue weighted by atomic mass is 10.1. The van der Waals surface area contributed by atoms with Crippen LogP contribution in [0.5, 0.6) is 11.5 Å². The predicted octanol–water partition coefficient (Wildman–Crippen LogP) is 4.93. The minimum absolute atomic E-state index is 0.504. The topological polar surface area (TPSA) is 84.6 Å². The third-order valence-corrected chi connectivity index (χ3v) is 4.66. The van der Waals surface area contributed by atoms with E-state index in [0.29, 0.717) is 17.2 Å². The second-order valence-electron chi connectivity index (χ2n) is 6.85. The monoisotopic (exact) mass is 387 g/mol. The number of pyridine rings is 1. The van der Waals surface area contributed by atoms with Crippen LogP contribution in [0.25, 0.3) is 11.0 Å². The smallest absolute Gasteiger partial charge is 0.208 e. The van der Waals surface area contributed by atoms with Crippen LogP contribution in [0, 0.1) is 13.8 Å². The van der Waals surface area contributed by atoms with E-state index in [-0.39, 0.29) is 0 Å². The van der Waals surface area contributed by atoms with Gasteiger partial charge in [-0.05, 0) is 43.7 Å². The molecule has 0 fully saturated rings. The van der Waals surface area contributed by atoms with Crippen molar-refractivity contribution in [1.29, 1.82) is 0 Å². The van der Waals surface area contributed by atoms with E-state index in [9.17, 15) is 0 Å². The summed E-state index contributed by atoms with van der Waals surface area (Å²) in [6.45, 7) is 4.16. The van der Waals surface area contributed by atoms with Gasteiger partial charge in [0.15, 0.2) is 0 Å². The van der Waals surface area contributed by atoms with Crippen LogP contribution in [-0.2, 0) is 7.05 Å². The van der Waals surface area contributed by atoms with E-state index in [1.807, 2.05) is 29.8 Å². The van der Waals surface area contributed by atoms with Crippen molar-refractivity contribution in [3.63, 3.8) is 0 Å². The van der Waals surface area contributed by atoms with Gasteiger partial charge in [0.2, 0.25) is 5.95 Å². The van der Waals surface area contributed by atoms with Crippen LogP contribution in [-0.4, -0.2) is 26.0 Å². The Bertz CT molecular complexity index is 1210. The second-order valence-corrected chi connectivity index (χ2v) is 6.85. The maximum Gasteiger partial charge on any atom is 0.208 e. The molecule has 2 heterocycles. The molecule has 0 saturated heterocycles. The SMILES string of the molecule is Cc1ccc(Nc2nc3cc(Oc4ccnc(/C=N\O)c4)ccc3n2C)c(C)c1. The lowest BCUT2D eigenvalue weighted by Crippen LogP contribution is -2.00. The van der Waals surface area contributed by atoms with Gasteiger partial charge in [0, 0.05) is 31.1 Å². The third kappa shape index (κ3) is 3.89. The molecule has 7 heteroatoms. The molecule has 0 aliphatic heterocycles. The van der Waals surface area contributed by atoms with Gasteiger partial charge >= 0.3 is 0 Å². The van der Waals surface area contributed by atoms with Crippen LogP contribution in [0.4, 0.5) is 11.6 Å². The second kappa shape index (κ2) is 7.63. The molecule has 0 saturated carbocycles. The van der Waals surface area contributed by atoms with Crippen molar-refractivity contribution in [3.05, 3.63) is 71.5 Å². The molecular weight excluding hydrogens is 366 g/mol. The lowest BCUT2D eigenvalue weighted by molar-refractivity contribution is 0.321. The Morgan fingerprint density at radius 1 is 1.07 bits per heavy atom. The van der Waals surface area contributed by atoms with Gasteiger partial charge in [-0.1, -0.05) is 22.9 Å². The molecule has 0 spiro atoms. The molecule has 29 heavy (non-hydrogen) atoms. The normalized spacial score (nSPS) is 11.3. The maximum atomic E-state index is 8.66. The number of benzene rings is 2. The zero-order chi connectivity index (χ0) is 20.4. The number of aryl methyl sites for hydroxylation is 3. The molecule has 2 aromatic heterocycles. The fourth-order valence-corrected chi connectivity index (χ4v) is 3.19. The molecule has 0 radical (unpaired) electrons. The number of nitrogens with zero attached hydrogens (tertiary/aromatic N) is 4. The largest absolute Gasteiger partial charge is 0.457 e. The number of ether oxygens (including phenoxy) is 1. The predicted molar refractivity (Wildman–Crippen MR) is 114 cm³/mol. The van der Waals surface area contributed by atoms with Crippen LogP contribution >= 0.6 is 0 Å². The molecule has 2 aromatic carbocycles. The zero-order valence-electron chi connectivity index (χ0n) is 16.4. The molecule has 2 N–H and O–H groups in total. The summed E-state index contributed by atoms with van der Waals surface area (Å²) in [4.78, 5) is 8.80. The number of anilines is 2. The number of aromatic nitrogens is 3. The molecule has 0 bridgehead atoms. The van der Waals surface area contributed by atoms with Crippen LogP contribution in [0.3, 0.4) is 0 Å². The van der Waals surface area contributed by atoms with E-state index < -0.39 is 0 Å². The number of hydrogen-bond acceptors (Lipinski definition) is 6. The van der Waals surface area contributed by atoms with Gasteiger partial charge in [0.05, 0.1) is 22.9 Å². The summed E-state index contributed by atoms with van der Waals surface area (Å²) in [7, 11) is 1.98. The molecule has 0 aliphatic carbocycles. The molecule has 0 amide bonds. The summed E-state index contributed by atoms with van der Waals surface area (Å²) < 4.78 is 7.93. The molecule has 4 rings (SSSR count). The Kier molecular flexibility index (Phi) is 4.87. The van der Waals surface area contributed by atoms with E-state index in [1.165, 1.54) is 17.3 Å². The highest BCUT2D eigenvalue weighted by molar-refractivity contribution is 5.81. The van der Waals surface area contributed by atoms with Gasteiger partial charge in [-0.3, -0.25) is 4.98 Å². The Hall–Kier alpha value is -3.87. The number of nitrogens with one attached hydrogen (secondary N) is 1. The highest BCUT2D eigenvalue weighted by Gasteiger charge is 2.11. The molecular formula is C22H21N5O2. The molecule has 4 aromatic rings. The number of imidazole rings is 1. The van der Waals surface area contributed by atoms with Crippen LogP contribution in [0.15, 0.2) is 59.9 Å². The summed E-state index contributed by atoms with van der Waals surface area (Å²) in [5, 5.41) is 15.1. The van der Waals surface area contributed by atoms with Gasteiger partial charge in [-0.2, -0.15) is 0 Å². The standard InChI is InChI=1S/C22H21N5O2/c1-14-4-6-19(15(2)10-14)25-22-26-20-12-17(5-7-21(20)27(22)3)29-18-8-9-23-16(11-18)13-24-28/h4-13,28H,1-3H3,(H,25,26)/b24-13-. The quantitative estimate of drug-likeness (QED) is 0.288. The Labute approximate surface area is 168 Å². The van der Waals surface area contributed by atoms with Crippen LogP contribution in [0.1, 0.15) is 16.8 Å². The first kappa shape index (κ1) is 18.5. The minimum atomic E-state index is 0.504. The van der Waals surface area contributed by atoms with E-state index in [2.05, 4.69) is 47.5 Å². The van der Waals surface area contributed by atoms with E-state index in [0.717, 1.165) is 22.7 Å². The van der Waals surface area contributed by atoms with E-state index in [4.69, 9.17) is 14.9 Å². The Morgan fingerprint density at radius 3 is 2.69 bits per heavy atom. The van der Waals surface area contributed by atoms with Gasteiger partial charge in [-0.15, -0.1) is 0 Å². The summed E-state index contributed by atoms with van der Waals surface area (Å²) in [6, 6.07) is 15.5. The lowest BCUT2D eigenvalue weighted by Gasteiger charge is -2.09. The van der Waals surface area contributed by atoms with E-state index in [1.54, 1.807) is 18.3 Å². The fraction of sp³-hybridized carbons (Fsp3) is 0.136. The van der Waals surface area contributed by atoms with Crippen molar-refractivity contribution < 1.29 is 9.94 Å². The van der Waals surface area contributed by atoms with Gasteiger partial charge in [-0.25, -0.2) is 4.98 Å². The van der Waals surface area contributed by atoms with Crippen molar-refractivity contribution in [2.75, 3.05) is 5.32 Å². The van der Waals surface area contributed by atoms with Crippen molar-refractivity contribution in [2.45, 2.75) is 13.8 Å². The van der Waals surface area contributed by atoms with Crippen LogP contribution < -0.4 is 10.1 Å². The molecule has 146 valence electrons. The number of hydrogen-bond donors (Lipinski definition) is 2. The Balaban J connectivity index is 1.62. The molecule has 7 nitrogen and oxygen atoms in total. The number of rotatable bonds is 5. The minimum Gasteiger partial charge on any atom is -0.457 e. The molecule has 0 aliphatic rings. The average Bonchev–Trinajstić information content (AvgIpc) is 2.99. The molecule has 0 unspecified atom stereocenters. The maximum absolute atomic E-state index is 8.66. The zero-order valence-corrected chi connectivity index (χ0v) is 16.4. The third-order valence-electron chi connectivity index (χ3n) is 4.66. The van der Waals surface area contributed by atoms with Crippen molar-refractivity contribution in [1.82, 2.24) is 14.5 Å². The summed E-state index contributed by atoms with van der Waals surface area (Å²) in [6.07, 6.45) is 2.84. The fourth-order valence-electron chi connectivity index (χ4n) is 3.19. The van der Waals surface area contributed by atoms with Crippen molar-refractivity contribution in [3.8, 4) is 11.5 Å². The van der Waals surface area contributed by atoms with Gasteiger partial charge in [0.1, 0.15) is 11.5 Å².